The molecule has 0 aliphatic carbocycles. The van der Waals surface area contributed by atoms with Crippen LogP contribution in [0, 0.1) is 5.82 Å². The molecule has 0 aliphatic heterocycles. The number of halogens is 1. The smallest absolute Gasteiger partial charge is 0.128 e. The van der Waals surface area contributed by atoms with E-state index in [9.17, 15) is 4.39 Å². The molecule has 2 N–H and O–H groups in total. The van der Waals surface area contributed by atoms with E-state index in [1.54, 1.807) is 6.07 Å². The lowest BCUT2D eigenvalue weighted by atomic mass is 10.0. The Morgan fingerprint density at radius 3 is 2.35 bits per heavy atom. The van der Waals surface area contributed by atoms with Crippen molar-refractivity contribution in [2.45, 2.75) is 25.9 Å². The van der Waals surface area contributed by atoms with Gasteiger partial charge < -0.3 is 10.6 Å². The van der Waals surface area contributed by atoms with Crippen molar-refractivity contribution in [3.8, 4) is 0 Å². The molecule has 2 nitrogen and oxygen atoms in total. The molecule has 3 heteroatoms. The highest BCUT2D eigenvalue weighted by Crippen LogP contribution is 2.21. The first kappa shape index (κ1) is 14.5. The SMILES string of the molecule is CC[C@@H](N)c1ccc(N(C)Cc2ccccc2F)cc1. The van der Waals surface area contributed by atoms with Gasteiger partial charge in [-0.2, -0.15) is 0 Å². The Balaban J connectivity index is 2.10. The first-order valence-corrected chi connectivity index (χ1v) is 6.92. The standard InChI is InChI=1S/C17H21FN2/c1-3-17(19)13-8-10-15(11-9-13)20(2)12-14-6-4-5-7-16(14)18/h4-11,17H,3,12,19H2,1-2H3/t17-/m1/s1. The summed E-state index contributed by atoms with van der Waals surface area (Å²) in [6.45, 7) is 2.62. The van der Waals surface area contributed by atoms with Gasteiger partial charge in [0.1, 0.15) is 5.82 Å². The van der Waals surface area contributed by atoms with Crippen LogP contribution in [-0.4, -0.2) is 7.05 Å². The molecule has 0 aliphatic rings. The van der Waals surface area contributed by atoms with E-state index in [4.69, 9.17) is 5.73 Å². The first-order valence-electron chi connectivity index (χ1n) is 6.92. The van der Waals surface area contributed by atoms with Gasteiger partial charge >= 0.3 is 0 Å². The number of hydrogen-bond donors (Lipinski definition) is 1. The fourth-order valence-electron chi connectivity index (χ4n) is 2.19. The van der Waals surface area contributed by atoms with Crippen LogP contribution in [0.2, 0.25) is 0 Å². The molecule has 2 rings (SSSR count). The number of nitrogens with zero attached hydrogens (tertiary/aromatic N) is 1. The minimum atomic E-state index is -0.163. The first-order chi connectivity index (χ1) is 9.61. The fraction of sp³-hybridized carbons (Fsp3) is 0.294. The normalized spacial score (nSPS) is 12.2. The van der Waals surface area contributed by atoms with Gasteiger partial charge in [0.05, 0.1) is 0 Å². The van der Waals surface area contributed by atoms with Gasteiger partial charge in [0.2, 0.25) is 0 Å². The van der Waals surface area contributed by atoms with E-state index in [2.05, 4.69) is 6.92 Å². The topological polar surface area (TPSA) is 29.3 Å². The van der Waals surface area contributed by atoms with E-state index in [1.165, 1.54) is 6.07 Å². The van der Waals surface area contributed by atoms with E-state index < -0.39 is 0 Å². The summed E-state index contributed by atoms with van der Waals surface area (Å²) in [7, 11) is 1.96. The molecule has 20 heavy (non-hydrogen) atoms. The Hall–Kier alpha value is -1.87. The lowest BCUT2D eigenvalue weighted by molar-refractivity contribution is 0.608. The largest absolute Gasteiger partial charge is 0.370 e. The molecule has 0 amide bonds. The third kappa shape index (κ3) is 3.36. The van der Waals surface area contributed by atoms with Crippen LogP contribution in [0.3, 0.4) is 0 Å². The summed E-state index contributed by atoms with van der Waals surface area (Å²) < 4.78 is 13.6. The van der Waals surface area contributed by atoms with Crippen molar-refractivity contribution in [2.24, 2.45) is 5.73 Å². The van der Waals surface area contributed by atoms with Gasteiger partial charge in [0.15, 0.2) is 0 Å². The Morgan fingerprint density at radius 2 is 1.75 bits per heavy atom. The van der Waals surface area contributed by atoms with Crippen LogP contribution in [0.25, 0.3) is 0 Å². The number of anilines is 1. The number of benzene rings is 2. The van der Waals surface area contributed by atoms with E-state index in [-0.39, 0.29) is 11.9 Å². The molecule has 0 spiro atoms. The van der Waals surface area contributed by atoms with Crippen molar-refractivity contribution in [2.75, 3.05) is 11.9 Å². The molecular weight excluding hydrogens is 251 g/mol. The van der Waals surface area contributed by atoms with Gasteiger partial charge in [-0.05, 0) is 30.2 Å². The Morgan fingerprint density at radius 1 is 1.10 bits per heavy atom. The highest BCUT2D eigenvalue weighted by molar-refractivity contribution is 5.48. The second-order valence-electron chi connectivity index (χ2n) is 5.05. The van der Waals surface area contributed by atoms with Gasteiger partial charge in [-0.3, -0.25) is 0 Å². The quantitative estimate of drug-likeness (QED) is 0.895. The lowest BCUT2D eigenvalue weighted by Crippen LogP contribution is -2.17. The van der Waals surface area contributed by atoms with Crippen LogP contribution >= 0.6 is 0 Å². The van der Waals surface area contributed by atoms with Gasteiger partial charge in [-0.1, -0.05) is 37.3 Å². The summed E-state index contributed by atoms with van der Waals surface area (Å²) in [5.74, 6) is -0.163. The van der Waals surface area contributed by atoms with E-state index in [1.807, 2.05) is 48.3 Å². The minimum Gasteiger partial charge on any atom is -0.370 e. The minimum absolute atomic E-state index is 0.0842. The highest BCUT2D eigenvalue weighted by Gasteiger charge is 2.07. The van der Waals surface area contributed by atoms with Crippen LogP contribution < -0.4 is 10.6 Å². The maximum atomic E-state index is 13.6. The number of nitrogens with two attached hydrogens (primary N) is 1. The van der Waals surface area contributed by atoms with Gasteiger partial charge in [0.25, 0.3) is 0 Å². The molecule has 0 heterocycles. The highest BCUT2D eigenvalue weighted by atomic mass is 19.1. The van der Waals surface area contributed by atoms with Gasteiger partial charge in [0, 0.05) is 30.9 Å². The van der Waals surface area contributed by atoms with Crippen LogP contribution in [0.1, 0.15) is 30.5 Å². The predicted octanol–water partition coefficient (Wildman–Crippen LogP) is 3.87. The molecule has 0 bridgehead atoms. The molecule has 2 aromatic rings. The van der Waals surface area contributed by atoms with E-state index >= 15 is 0 Å². The molecule has 0 fully saturated rings. The second kappa shape index (κ2) is 6.53. The summed E-state index contributed by atoms with van der Waals surface area (Å²) >= 11 is 0. The zero-order valence-corrected chi connectivity index (χ0v) is 12.0. The molecule has 0 radical (unpaired) electrons. The van der Waals surface area contributed by atoms with Crippen LogP contribution in [0.5, 0.6) is 0 Å². The Bertz CT molecular complexity index is 551. The summed E-state index contributed by atoms with van der Waals surface area (Å²) in [6.07, 6.45) is 0.921. The number of rotatable bonds is 5. The zero-order valence-electron chi connectivity index (χ0n) is 12.0. The van der Waals surface area contributed by atoms with Crippen molar-refractivity contribution >= 4 is 5.69 Å². The van der Waals surface area contributed by atoms with Crippen molar-refractivity contribution in [3.05, 3.63) is 65.5 Å². The van der Waals surface area contributed by atoms with Gasteiger partial charge in [-0.15, -0.1) is 0 Å². The summed E-state index contributed by atoms with van der Waals surface area (Å²) in [5, 5.41) is 0. The predicted molar refractivity (Wildman–Crippen MR) is 82.2 cm³/mol. The summed E-state index contributed by atoms with van der Waals surface area (Å²) in [6, 6.07) is 15.1. The lowest BCUT2D eigenvalue weighted by Gasteiger charge is -2.20. The maximum absolute atomic E-state index is 13.6. The van der Waals surface area contributed by atoms with Gasteiger partial charge in [-0.25, -0.2) is 4.39 Å². The van der Waals surface area contributed by atoms with Crippen molar-refractivity contribution in [3.63, 3.8) is 0 Å². The zero-order chi connectivity index (χ0) is 14.5. The average molecular weight is 272 g/mol. The molecule has 0 unspecified atom stereocenters. The van der Waals surface area contributed by atoms with Crippen molar-refractivity contribution in [1.29, 1.82) is 0 Å². The molecule has 2 aromatic carbocycles. The molecular formula is C17H21FN2. The third-order valence-corrected chi connectivity index (χ3v) is 3.57. The fourth-order valence-corrected chi connectivity index (χ4v) is 2.19. The third-order valence-electron chi connectivity index (χ3n) is 3.57. The van der Waals surface area contributed by atoms with Crippen molar-refractivity contribution < 1.29 is 4.39 Å². The summed E-state index contributed by atoms with van der Waals surface area (Å²) in [4.78, 5) is 2.03. The molecule has 0 saturated heterocycles. The molecule has 106 valence electrons. The average Bonchev–Trinajstić information content (AvgIpc) is 2.49. The Labute approximate surface area is 120 Å². The Kier molecular flexibility index (Phi) is 4.74. The molecule has 0 saturated carbocycles. The van der Waals surface area contributed by atoms with Crippen molar-refractivity contribution in [1.82, 2.24) is 0 Å². The van der Waals surface area contributed by atoms with Crippen LogP contribution in [0.4, 0.5) is 10.1 Å². The van der Waals surface area contributed by atoms with Crippen LogP contribution in [-0.2, 0) is 6.54 Å². The molecule has 0 aromatic heterocycles. The number of hydrogen-bond acceptors (Lipinski definition) is 2. The second-order valence-corrected chi connectivity index (χ2v) is 5.05. The maximum Gasteiger partial charge on any atom is 0.128 e. The van der Waals surface area contributed by atoms with E-state index in [0.29, 0.717) is 12.1 Å². The monoisotopic (exact) mass is 272 g/mol. The summed E-state index contributed by atoms with van der Waals surface area (Å²) in [5.41, 5.74) is 8.89. The van der Waals surface area contributed by atoms with E-state index in [0.717, 1.165) is 17.7 Å². The molecule has 1 atom stereocenters. The van der Waals surface area contributed by atoms with Crippen LogP contribution in [0.15, 0.2) is 48.5 Å².